The van der Waals surface area contributed by atoms with Gasteiger partial charge in [0, 0.05) is 38.3 Å². The van der Waals surface area contributed by atoms with Crippen LogP contribution in [0.2, 0.25) is 0 Å². The van der Waals surface area contributed by atoms with Crippen LogP contribution in [0.3, 0.4) is 0 Å². The zero-order valence-corrected chi connectivity index (χ0v) is 15.5. The number of pyridine rings is 1. The second kappa shape index (κ2) is 8.16. The predicted octanol–water partition coefficient (Wildman–Crippen LogP) is 2.75. The lowest BCUT2D eigenvalue weighted by Gasteiger charge is -2.16. The van der Waals surface area contributed by atoms with Crippen LogP contribution >= 0.6 is 0 Å². The number of amides is 2. The fourth-order valence-electron chi connectivity index (χ4n) is 3.23. The maximum atomic E-state index is 12.2. The summed E-state index contributed by atoms with van der Waals surface area (Å²) in [6, 6.07) is 3.16. The van der Waals surface area contributed by atoms with Gasteiger partial charge in [0.1, 0.15) is 11.9 Å². The molecule has 140 valence electrons. The highest BCUT2D eigenvalue weighted by Gasteiger charge is 2.24. The quantitative estimate of drug-likeness (QED) is 0.824. The lowest BCUT2D eigenvalue weighted by Crippen LogP contribution is -2.37. The minimum absolute atomic E-state index is 0.285. The number of hydrogen-bond donors (Lipinski definition) is 2. The van der Waals surface area contributed by atoms with E-state index in [1.54, 1.807) is 6.20 Å². The van der Waals surface area contributed by atoms with Crippen LogP contribution in [0.25, 0.3) is 0 Å². The van der Waals surface area contributed by atoms with E-state index < -0.39 is 0 Å². The molecule has 1 fully saturated rings. The Balaban J connectivity index is 1.53. The van der Waals surface area contributed by atoms with Crippen molar-refractivity contribution in [2.24, 2.45) is 0 Å². The number of hydrogen-bond acceptors (Lipinski definition) is 6. The van der Waals surface area contributed by atoms with Crippen molar-refractivity contribution in [2.75, 3.05) is 19.0 Å². The number of anilines is 1. The normalized spacial score (nSPS) is 15.7. The van der Waals surface area contributed by atoms with E-state index in [1.807, 2.05) is 38.1 Å². The maximum Gasteiger partial charge on any atom is 0.315 e. The molecule has 1 saturated carbocycles. The van der Waals surface area contributed by atoms with Crippen LogP contribution in [0, 0.1) is 0 Å². The summed E-state index contributed by atoms with van der Waals surface area (Å²) in [5, 5.41) is 9.77. The Bertz CT molecular complexity index is 739. The van der Waals surface area contributed by atoms with Crippen molar-refractivity contribution in [3.05, 3.63) is 35.6 Å². The average Bonchev–Trinajstić information content (AvgIpc) is 3.31. The molecule has 26 heavy (non-hydrogen) atoms. The van der Waals surface area contributed by atoms with Crippen LogP contribution < -0.4 is 15.5 Å². The summed E-state index contributed by atoms with van der Waals surface area (Å²) in [5.74, 6) is 2.43. The first-order valence-electron chi connectivity index (χ1n) is 9.03. The molecule has 0 spiro atoms. The monoisotopic (exact) mass is 358 g/mol. The van der Waals surface area contributed by atoms with Crippen LogP contribution in [0.1, 0.15) is 61.8 Å². The van der Waals surface area contributed by atoms with Crippen molar-refractivity contribution in [1.82, 2.24) is 25.8 Å². The van der Waals surface area contributed by atoms with Gasteiger partial charge in [0.15, 0.2) is 5.82 Å². The van der Waals surface area contributed by atoms with E-state index in [9.17, 15) is 4.79 Å². The van der Waals surface area contributed by atoms with Gasteiger partial charge in [-0.2, -0.15) is 4.98 Å². The van der Waals surface area contributed by atoms with Crippen LogP contribution in [0.4, 0.5) is 10.6 Å². The zero-order chi connectivity index (χ0) is 18.5. The van der Waals surface area contributed by atoms with Crippen LogP contribution in [0.15, 0.2) is 22.9 Å². The molecule has 2 aromatic heterocycles. The molecule has 8 nitrogen and oxygen atoms in total. The fraction of sp³-hybridized carbons (Fsp3) is 0.556. The summed E-state index contributed by atoms with van der Waals surface area (Å²) in [5.41, 5.74) is 0.946. The largest absolute Gasteiger partial charge is 0.362 e. The third-order valence-corrected chi connectivity index (χ3v) is 4.63. The van der Waals surface area contributed by atoms with Crippen molar-refractivity contribution < 1.29 is 9.32 Å². The number of nitrogens with one attached hydrogen (secondary N) is 2. The Morgan fingerprint density at radius 1 is 1.38 bits per heavy atom. The highest BCUT2D eigenvalue weighted by molar-refractivity contribution is 5.74. The van der Waals surface area contributed by atoms with Gasteiger partial charge in [-0.3, -0.25) is 0 Å². The van der Waals surface area contributed by atoms with Gasteiger partial charge < -0.3 is 20.1 Å². The third-order valence-electron chi connectivity index (χ3n) is 4.63. The molecule has 0 radical (unpaired) electrons. The van der Waals surface area contributed by atoms with Crippen molar-refractivity contribution >= 4 is 11.8 Å². The predicted molar refractivity (Wildman–Crippen MR) is 97.9 cm³/mol. The summed E-state index contributed by atoms with van der Waals surface area (Å²) < 4.78 is 5.33. The molecule has 8 heteroatoms. The first-order chi connectivity index (χ1) is 12.5. The molecule has 0 bridgehead atoms. The molecule has 0 saturated heterocycles. The van der Waals surface area contributed by atoms with Crippen molar-refractivity contribution in [3.63, 3.8) is 0 Å². The summed E-state index contributed by atoms with van der Waals surface area (Å²) >= 11 is 0. The molecule has 2 heterocycles. The minimum Gasteiger partial charge on any atom is -0.362 e. The maximum absolute atomic E-state index is 12.2. The first-order valence-corrected chi connectivity index (χ1v) is 9.03. The van der Waals surface area contributed by atoms with E-state index in [2.05, 4.69) is 25.8 Å². The Kier molecular flexibility index (Phi) is 5.70. The van der Waals surface area contributed by atoms with E-state index in [0.29, 0.717) is 18.4 Å². The zero-order valence-electron chi connectivity index (χ0n) is 15.5. The van der Waals surface area contributed by atoms with Crippen LogP contribution in [-0.4, -0.2) is 35.3 Å². The van der Waals surface area contributed by atoms with Gasteiger partial charge in [0.2, 0.25) is 5.89 Å². The molecule has 0 aromatic carbocycles. The SMILES string of the molecule is CC(NC(=O)NCc1cccnc1N(C)C)c1nc(C2CCCC2)no1. The smallest absolute Gasteiger partial charge is 0.315 e. The number of rotatable bonds is 6. The summed E-state index contributed by atoms with van der Waals surface area (Å²) in [6.45, 7) is 2.22. The topological polar surface area (TPSA) is 96.2 Å². The summed E-state index contributed by atoms with van der Waals surface area (Å²) in [7, 11) is 3.84. The first kappa shape index (κ1) is 18.2. The second-order valence-electron chi connectivity index (χ2n) is 6.90. The van der Waals surface area contributed by atoms with E-state index in [0.717, 1.165) is 30.0 Å². The molecule has 1 aliphatic rings. The highest BCUT2D eigenvalue weighted by Crippen LogP contribution is 2.32. The number of carbonyl (C=O) groups is 1. The van der Waals surface area contributed by atoms with E-state index in [1.165, 1.54) is 12.8 Å². The van der Waals surface area contributed by atoms with Crippen LogP contribution in [-0.2, 0) is 6.54 Å². The molecule has 3 rings (SSSR count). The summed E-state index contributed by atoms with van der Waals surface area (Å²) in [4.78, 5) is 22.9. The molecular weight excluding hydrogens is 332 g/mol. The molecular formula is C18H26N6O2. The van der Waals surface area contributed by atoms with Gasteiger partial charge in [0.05, 0.1) is 0 Å². The van der Waals surface area contributed by atoms with Gasteiger partial charge in [-0.05, 0) is 25.8 Å². The number of nitrogens with zero attached hydrogens (tertiary/aromatic N) is 4. The number of carbonyl (C=O) groups excluding carboxylic acids is 1. The van der Waals surface area contributed by atoms with E-state index in [-0.39, 0.29) is 12.1 Å². The van der Waals surface area contributed by atoms with Crippen molar-refractivity contribution in [1.29, 1.82) is 0 Å². The lowest BCUT2D eigenvalue weighted by atomic mass is 10.1. The van der Waals surface area contributed by atoms with Crippen molar-refractivity contribution in [3.8, 4) is 0 Å². The van der Waals surface area contributed by atoms with E-state index >= 15 is 0 Å². The standard InChI is InChI=1S/C18H26N6O2/c1-12(17-22-15(23-26-17)13-7-4-5-8-13)21-18(25)20-11-14-9-6-10-19-16(14)24(2)3/h6,9-10,12-13H,4-5,7-8,11H2,1-3H3,(H2,20,21,25). The highest BCUT2D eigenvalue weighted by atomic mass is 16.5. The second-order valence-corrected chi connectivity index (χ2v) is 6.90. The minimum atomic E-state index is -0.347. The summed E-state index contributed by atoms with van der Waals surface area (Å²) in [6.07, 6.45) is 6.39. The Labute approximate surface area is 153 Å². The molecule has 1 atom stereocenters. The number of urea groups is 1. The average molecular weight is 358 g/mol. The third kappa shape index (κ3) is 4.30. The lowest BCUT2D eigenvalue weighted by molar-refractivity contribution is 0.233. The molecule has 1 aliphatic carbocycles. The molecule has 0 aliphatic heterocycles. The van der Waals surface area contributed by atoms with Gasteiger partial charge in [0.25, 0.3) is 0 Å². The van der Waals surface area contributed by atoms with Crippen LogP contribution in [0.5, 0.6) is 0 Å². The van der Waals surface area contributed by atoms with Gasteiger partial charge in [-0.15, -0.1) is 0 Å². The Morgan fingerprint density at radius 3 is 2.88 bits per heavy atom. The van der Waals surface area contributed by atoms with Gasteiger partial charge >= 0.3 is 6.03 Å². The molecule has 1 unspecified atom stereocenters. The van der Waals surface area contributed by atoms with E-state index in [4.69, 9.17) is 4.52 Å². The molecule has 2 N–H and O–H groups in total. The Morgan fingerprint density at radius 2 is 2.15 bits per heavy atom. The molecule has 2 amide bonds. The number of aromatic nitrogens is 3. The van der Waals surface area contributed by atoms with Gasteiger partial charge in [-0.25, -0.2) is 9.78 Å². The van der Waals surface area contributed by atoms with Crippen molar-refractivity contribution in [2.45, 2.75) is 51.1 Å². The van der Waals surface area contributed by atoms with Gasteiger partial charge in [-0.1, -0.05) is 24.1 Å². The fourth-order valence-corrected chi connectivity index (χ4v) is 3.23. The molecule has 2 aromatic rings. The Hall–Kier alpha value is -2.64.